The molecule has 28 heavy (non-hydrogen) atoms. The van der Waals surface area contributed by atoms with E-state index >= 15 is 0 Å². The molecule has 0 spiro atoms. The maximum absolute atomic E-state index is 12.3. The number of methoxy groups -OCH3 is 1. The Labute approximate surface area is 161 Å². The van der Waals surface area contributed by atoms with Crippen LogP contribution in [0.2, 0.25) is 0 Å². The normalized spacial score (nSPS) is 10.1. The Morgan fingerprint density at radius 1 is 1.21 bits per heavy atom. The minimum Gasteiger partial charge on any atom is -0.497 e. The van der Waals surface area contributed by atoms with E-state index in [1.54, 1.807) is 37.4 Å². The number of nitrogens with zero attached hydrogens (tertiary/aromatic N) is 3. The van der Waals surface area contributed by atoms with E-state index in [0.29, 0.717) is 23.4 Å². The van der Waals surface area contributed by atoms with Crippen LogP contribution < -0.4 is 15.6 Å². The molecule has 2 aromatic carbocycles. The van der Waals surface area contributed by atoms with Crippen LogP contribution in [0.25, 0.3) is 11.3 Å². The minimum atomic E-state index is -0.298. The van der Waals surface area contributed by atoms with Gasteiger partial charge in [-0.15, -0.1) is 0 Å². The number of hydrogen-bond acceptors (Lipinski definition) is 5. The number of ether oxygens (including phenoxy) is 1. The molecule has 1 N–H and O–H groups in total. The van der Waals surface area contributed by atoms with Gasteiger partial charge in [0.25, 0.3) is 11.5 Å². The standard InChI is InChI=1S/C21H18N4O3/c1-28-18-7-5-16(6-8-18)19-12-20(26)25(14-24-19)10-9-23-21(27)17-4-2-3-15(11-17)13-22/h2-8,11-12,14H,9-10H2,1H3,(H,23,27). The molecule has 0 aliphatic rings. The number of nitrogens with one attached hydrogen (secondary N) is 1. The van der Waals surface area contributed by atoms with Crippen LogP contribution in [-0.4, -0.2) is 29.1 Å². The van der Waals surface area contributed by atoms with E-state index in [0.717, 1.165) is 11.3 Å². The van der Waals surface area contributed by atoms with E-state index in [1.807, 2.05) is 18.2 Å². The largest absolute Gasteiger partial charge is 0.497 e. The molecule has 7 heteroatoms. The van der Waals surface area contributed by atoms with E-state index in [-0.39, 0.29) is 18.0 Å². The molecule has 0 radical (unpaired) electrons. The van der Waals surface area contributed by atoms with Crippen LogP contribution in [0, 0.1) is 11.3 Å². The SMILES string of the molecule is COc1ccc(-c2cc(=O)n(CCNC(=O)c3cccc(C#N)c3)cn2)cc1. The second-order valence-corrected chi connectivity index (χ2v) is 5.98. The van der Waals surface area contributed by atoms with Crippen molar-refractivity contribution >= 4 is 5.91 Å². The van der Waals surface area contributed by atoms with Gasteiger partial charge >= 0.3 is 0 Å². The number of carbonyl (C=O) groups excluding carboxylic acids is 1. The third-order valence-electron chi connectivity index (χ3n) is 4.16. The third-order valence-corrected chi connectivity index (χ3v) is 4.16. The van der Waals surface area contributed by atoms with Crippen molar-refractivity contribution in [3.8, 4) is 23.1 Å². The molecule has 1 aromatic heterocycles. The fourth-order valence-corrected chi connectivity index (χ4v) is 2.64. The average molecular weight is 374 g/mol. The molecule has 0 fully saturated rings. The van der Waals surface area contributed by atoms with Crippen molar-refractivity contribution in [3.63, 3.8) is 0 Å². The third kappa shape index (κ3) is 4.43. The van der Waals surface area contributed by atoms with Crippen molar-refractivity contribution in [3.05, 3.63) is 82.4 Å². The molecule has 0 saturated heterocycles. The Morgan fingerprint density at radius 2 is 2.00 bits per heavy atom. The monoisotopic (exact) mass is 374 g/mol. The molecule has 0 atom stereocenters. The molecule has 0 aliphatic heterocycles. The lowest BCUT2D eigenvalue weighted by Gasteiger charge is -2.09. The van der Waals surface area contributed by atoms with E-state index < -0.39 is 0 Å². The van der Waals surface area contributed by atoms with Crippen molar-refractivity contribution in [2.45, 2.75) is 6.54 Å². The predicted octanol–water partition coefficient (Wildman–Crippen LogP) is 2.22. The van der Waals surface area contributed by atoms with Gasteiger partial charge in [0.05, 0.1) is 30.8 Å². The van der Waals surface area contributed by atoms with Gasteiger partial charge < -0.3 is 10.1 Å². The molecule has 0 unspecified atom stereocenters. The van der Waals surface area contributed by atoms with Crippen molar-refractivity contribution in [2.24, 2.45) is 0 Å². The van der Waals surface area contributed by atoms with Crippen LogP contribution in [0.3, 0.4) is 0 Å². The summed E-state index contributed by atoms with van der Waals surface area (Å²) >= 11 is 0. The summed E-state index contributed by atoms with van der Waals surface area (Å²) in [5.74, 6) is 0.432. The van der Waals surface area contributed by atoms with Crippen molar-refractivity contribution in [1.82, 2.24) is 14.9 Å². The van der Waals surface area contributed by atoms with E-state index in [9.17, 15) is 9.59 Å². The summed E-state index contributed by atoms with van der Waals surface area (Å²) in [5.41, 5.74) is 2.00. The Bertz CT molecular complexity index is 1080. The molecule has 0 saturated carbocycles. The van der Waals surface area contributed by atoms with Crippen LogP contribution >= 0.6 is 0 Å². The summed E-state index contributed by atoms with van der Waals surface area (Å²) in [6.07, 6.45) is 1.46. The highest BCUT2D eigenvalue weighted by molar-refractivity contribution is 5.94. The molecular weight excluding hydrogens is 356 g/mol. The average Bonchev–Trinajstić information content (AvgIpc) is 2.74. The van der Waals surface area contributed by atoms with Gasteiger partial charge in [-0.25, -0.2) is 4.98 Å². The molecular formula is C21H18N4O3. The predicted molar refractivity (Wildman–Crippen MR) is 104 cm³/mol. The molecule has 1 heterocycles. The fourth-order valence-electron chi connectivity index (χ4n) is 2.64. The summed E-state index contributed by atoms with van der Waals surface area (Å²) in [6, 6.07) is 17.2. The molecule has 3 rings (SSSR count). The van der Waals surface area contributed by atoms with Crippen LogP contribution in [0.1, 0.15) is 15.9 Å². The van der Waals surface area contributed by atoms with E-state index in [1.165, 1.54) is 23.0 Å². The second-order valence-electron chi connectivity index (χ2n) is 5.98. The number of rotatable bonds is 6. The van der Waals surface area contributed by atoms with Gasteiger partial charge in [-0.2, -0.15) is 5.26 Å². The Hall–Kier alpha value is -3.92. The molecule has 0 bridgehead atoms. The van der Waals surface area contributed by atoms with Gasteiger partial charge in [0.1, 0.15) is 5.75 Å². The minimum absolute atomic E-state index is 0.207. The van der Waals surface area contributed by atoms with Gasteiger partial charge in [0.15, 0.2) is 0 Å². The number of aromatic nitrogens is 2. The summed E-state index contributed by atoms with van der Waals surface area (Å²) in [6.45, 7) is 0.553. The van der Waals surface area contributed by atoms with E-state index in [4.69, 9.17) is 10.00 Å². The van der Waals surface area contributed by atoms with Crippen molar-refractivity contribution in [1.29, 1.82) is 5.26 Å². The first-order chi connectivity index (χ1) is 13.6. The molecule has 1 amide bonds. The number of benzene rings is 2. The first-order valence-electron chi connectivity index (χ1n) is 8.60. The maximum Gasteiger partial charge on any atom is 0.253 e. The Morgan fingerprint density at radius 3 is 2.68 bits per heavy atom. The van der Waals surface area contributed by atoms with E-state index in [2.05, 4.69) is 10.3 Å². The number of carbonyl (C=O) groups is 1. The molecule has 140 valence electrons. The van der Waals surface area contributed by atoms with Gasteiger partial charge in [0, 0.05) is 30.3 Å². The number of nitriles is 1. The zero-order chi connectivity index (χ0) is 19.9. The van der Waals surface area contributed by atoms with Gasteiger partial charge in [-0.1, -0.05) is 6.07 Å². The lowest BCUT2D eigenvalue weighted by Crippen LogP contribution is -2.30. The molecule has 7 nitrogen and oxygen atoms in total. The lowest BCUT2D eigenvalue weighted by molar-refractivity contribution is 0.0952. The smallest absolute Gasteiger partial charge is 0.253 e. The quantitative estimate of drug-likeness (QED) is 0.714. The first-order valence-corrected chi connectivity index (χ1v) is 8.60. The molecule has 0 aliphatic carbocycles. The lowest BCUT2D eigenvalue weighted by atomic mass is 10.1. The zero-order valence-electron chi connectivity index (χ0n) is 15.3. The van der Waals surface area contributed by atoms with Crippen LogP contribution in [0.15, 0.2) is 65.7 Å². The number of amides is 1. The molecule has 3 aromatic rings. The summed E-state index contributed by atoms with van der Waals surface area (Å²) < 4.78 is 6.55. The highest BCUT2D eigenvalue weighted by Crippen LogP contribution is 2.19. The topological polar surface area (TPSA) is 97.0 Å². The Kier molecular flexibility index (Phi) is 5.82. The fraction of sp³-hybridized carbons (Fsp3) is 0.143. The summed E-state index contributed by atoms with van der Waals surface area (Å²) in [7, 11) is 1.59. The highest BCUT2D eigenvalue weighted by atomic mass is 16.5. The van der Waals surface area contributed by atoms with Gasteiger partial charge in [-0.3, -0.25) is 14.2 Å². The maximum atomic E-state index is 12.3. The van der Waals surface area contributed by atoms with Crippen molar-refractivity contribution < 1.29 is 9.53 Å². The van der Waals surface area contributed by atoms with Crippen LogP contribution in [0.5, 0.6) is 5.75 Å². The summed E-state index contributed by atoms with van der Waals surface area (Å²) in [4.78, 5) is 28.8. The Balaban J connectivity index is 1.62. The van der Waals surface area contributed by atoms with Crippen molar-refractivity contribution in [2.75, 3.05) is 13.7 Å². The highest BCUT2D eigenvalue weighted by Gasteiger charge is 2.07. The summed E-state index contributed by atoms with van der Waals surface area (Å²) in [5, 5.41) is 11.6. The second kappa shape index (κ2) is 8.64. The van der Waals surface area contributed by atoms with Gasteiger partial charge in [-0.05, 0) is 42.5 Å². The van der Waals surface area contributed by atoms with Gasteiger partial charge in [0.2, 0.25) is 0 Å². The first kappa shape index (κ1) is 18.9. The zero-order valence-corrected chi connectivity index (χ0v) is 15.3. The van der Waals surface area contributed by atoms with Crippen LogP contribution in [-0.2, 0) is 6.54 Å². The number of hydrogen-bond donors (Lipinski definition) is 1. The van der Waals surface area contributed by atoms with Crippen LogP contribution in [0.4, 0.5) is 0 Å².